The molecule has 0 aromatic heterocycles. The van der Waals surface area contributed by atoms with E-state index in [1.54, 1.807) is 0 Å². The molecule has 0 radical (unpaired) electrons. The molecule has 2 aliphatic heterocycles. The lowest BCUT2D eigenvalue weighted by Gasteiger charge is -2.38. The molecule has 1 atom stereocenters. The molecule has 0 saturated carbocycles. The van der Waals surface area contributed by atoms with E-state index >= 15 is 0 Å². The second-order valence-electron chi connectivity index (χ2n) is 7.07. The van der Waals surface area contributed by atoms with Crippen molar-refractivity contribution >= 4 is 6.08 Å². The fourth-order valence-corrected chi connectivity index (χ4v) is 3.94. The van der Waals surface area contributed by atoms with E-state index in [2.05, 4.69) is 48.2 Å². The third kappa shape index (κ3) is 3.33. The van der Waals surface area contributed by atoms with Crippen molar-refractivity contribution in [2.24, 2.45) is 5.73 Å². The summed E-state index contributed by atoms with van der Waals surface area (Å²) in [6.45, 7) is 4.63. The van der Waals surface area contributed by atoms with Gasteiger partial charge in [0.15, 0.2) is 0 Å². The van der Waals surface area contributed by atoms with Crippen molar-refractivity contribution in [3.63, 3.8) is 0 Å². The Balaban J connectivity index is 1.87. The highest BCUT2D eigenvalue weighted by Gasteiger charge is 2.37. The van der Waals surface area contributed by atoms with Gasteiger partial charge in [0.05, 0.1) is 5.92 Å². The Morgan fingerprint density at radius 1 is 1.11 bits per heavy atom. The van der Waals surface area contributed by atoms with E-state index < -0.39 is 0 Å². The van der Waals surface area contributed by atoms with Gasteiger partial charge in [-0.1, -0.05) is 67.6 Å². The molecule has 2 N–H and O–H groups in total. The minimum atomic E-state index is -0.177. The number of likely N-dealkylation sites (N-methyl/N-ethyl adjacent to an activating group) is 1. The zero-order valence-corrected chi connectivity index (χ0v) is 15.9. The first kappa shape index (κ1) is 18.1. The third-order valence-corrected chi connectivity index (χ3v) is 5.33. The summed E-state index contributed by atoms with van der Waals surface area (Å²) in [5, 5.41) is 9.79. The summed E-state index contributed by atoms with van der Waals surface area (Å²) in [6, 6.07) is 22.6. The van der Waals surface area contributed by atoms with Gasteiger partial charge in [-0.3, -0.25) is 4.90 Å². The van der Waals surface area contributed by atoms with E-state index in [1.165, 1.54) is 0 Å². The third-order valence-electron chi connectivity index (χ3n) is 5.33. The number of allylic oxidation sites excluding steroid dienone is 1. The van der Waals surface area contributed by atoms with Crippen LogP contribution in [0.25, 0.3) is 6.08 Å². The standard InChI is InChI=1S/C24H23N3O/c1-2-27-15-19(13-17-9-5-3-6-10-17)23-21(16-27)22(18-11-7-4-8-12-18)20(14-25)24(26)28-23/h3-13,22H,2,15-16,26H2,1H3/b19-13+/t22-/m1/s1. The van der Waals surface area contributed by atoms with Gasteiger partial charge in [0.1, 0.15) is 17.4 Å². The maximum absolute atomic E-state index is 9.79. The Morgan fingerprint density at radius 3 is 2.43 bits per heavy atom. The average molecular weight is 369 g/mol. The number of rotatable bonds is 3. The molecule has 4 heteroatoms. The van der Waals surface area contributed by atoms with Crippen LogP contribution in [0.5, 0.6) is 0 Å². The predicted molar refractivity (Wildman–Crippen MR) is 111 cm³/mol. The lowest BCUT2D eigenvalue weighted by molar-refractivity contribution is 0.239. The van der Waals surface area contributed by atoms with Gasteiger partial charge in [0.25, 0.3) is 0 Å². The van der Waals surface area contributed by atoms with Gasteiger partial charge >= 0.3 is 0 Å². The zero-order valence-electron chi connectivity index (χ0n) is 15.9. The van der Waals surface area contributed by atoms with Crippen molar-refractivity contribution in [1.29, 1.82) is 5.26 Å². The van der Waals surface area contributed by atoms with Crippen molar-refractivity contribution < 1.29 is 4.74 Å². The summed E-state index contributed by atoms with van der Waals surface area (Å²) in [7, 11) is 0. The first-order valence-electron chi connectivity index (χ1n) is 9.55. The maximum atomic E-state index is 9.79. The zero-order chi connectivity index (χ0) is 19.5. The summed E-state index contributed by atoms with van der Waals surface area (Å²) < 4.78 is 6.04. The van der Waals surface area contributed by atoms with Crippen molar-refractivity contribution in [1.82, 2.24) is 4.90 Å². The van der Waals surface area contributed by atoms with Crippen LogP contribution in [0.15, 0.2) is 89.0 Å². The van der Waals surface area contributed by atoms with Crippen LogP contribution in [-0.2, 0) is 4.74 Å². The highest BCUT2D eigenvalue weighted by molar-refractivity contribution is 5.63. The van der Waals surface area contributed by atoms with Crippen molar-refractivity contribution in [3.05, 3.63) is 100 Å². The highest BCUT2D eigenvalue weighted by Crippen LogP contribution is 2.43. The lowest BCUT2D eigenvalue weighted by atomic mass is 9.80. The van der Waals surface area contributed by atoms with Gasteiger partial charge in [-0.2, -0.15) is 5.26 Å². The lowest BCUT2D eigenvalue weighted by Crippen LogP contribution is -2.38. The van der Waals surface area contributed by atoms with Gasteiger partial charge in [0.2, 0.25) is 5.88 Å². The van der Waals surface area contributed by atoms with E-state index in [1.807, 2.05) is 36.4 Å². The van der Waals surface area contributed by atoms with E-state index in [0.717, 1.165) is 47.7 Å². The second kappa shape index (κ2) is 7.75. The van der Waals surface area contributed by atoms with Crippen LogP contribution in [0, 0.1) is 11.3 Å². The van der Waals surface area contributed by atoms with Gasteiger partial charge in [-0.25, -0.2) is 0 Å². The molecule has 0 fully saturated rings. The Morgan fingerprint density at radius 2 is 1.79 bits per heavy atom. The largest absolute Gasteiger partial charge is 0.440 e. The average Bonchev–Trinajstić information content (AvgIpc) is 2.74. The minimum Gasteiger partial charge on any atom is -0.440 e. The van der Waals surface area contributed by atoms with Crippen LogP contribution in [0.2, 0.25) is 0 Å². The summed E-state index contributed by atoms with van der Waals surface area (Å²) in [5.74, 6) is 0.849. The molecule has 4 rings (SSSR count). The summed E-state index contributed by atoms with van der Waals surface area (Å²) in [5.41, 5.74) is 11.1. The monoisotopic (exact) mass is 369 g/mol. The molecular formula is C24H23N3O. The van der Waals surface area contributed by atoms with Crippen LogP contribution in [0.3, 0.4) is 0 Å². The maximum Gasteiger partial charge on any atom is 0.205 e. The van der Waals surface area contributed by atoms with Gasteiger partial charge in [-0.15, -0.1) is 0 Å². The molecule has 0 bridgehead atoms. The molecule has 2 aromatic rings. The van der Waals surface area contributed by atoms with Crippen LogP contribution in [0.4, 0.5) is 0 Å². The molecule has 0 saturated heterocycles. The predicted octanol–water partition coefficient (Wildman–Crippen LogP) is 4.17. The first-order chi connectivity index (χ1) is 13.7. The number of nitrogens with zero attached hydrogens (tertiary/aromatic N) is 2. The van der Waals surface area contributed by atoms with Crippen molar-refractivity contribution in [2.45, 2.75) is 12.8 Å². The Labute approximate surface area is 165 Å². The van der Waals surface area contributed by atoms with E-state index in [-0.39, 0.29) is 11.8 Å². The molecule has 28 heavy (non-hydrogen) atoms. The minimum absolute atomic E-state index is 0.177. The number of nitrogens with two attached hydrogens (primary N) is 1. The summed E-state index contributed by atoms with van der Waals surface area (Å²) in [4.78, 5) is 2.36. The number of benzene rings is 2. The van der Waals surface area contributed by atoms with E-state index in [0.29, 0.717) is 5.57 Å². The van der Waals surface area contributed by atoms with Crippen molar-refractivity contribution in [2.75, 3.05) is 19.6 Å². The molecule has 2 aromatic carbocycles. The van der Waals surface area contributed by atoms with Crippen LogP contribution < -0.4 is 5.73 Å². The molecule has 0 aliphatic carbocycles. The quantitative estimate of drug-likeness (QED) is 0.882. The summed E-state index contributed by atoms with van der Waals surface area (Å²) >= 11 is 0. The smallest absolute Gasteiger partial charge is 0.205 e. The molecule has 0 amide bonds. The fraction of sp³-hybridized carbons (Fsp3) is 0.208. The van der Waals surface area contributed by atoms with Gasteiger partial charge in [0, 0.05) is 18.7 Å². The molecular weight excluding hydrogens is 346 g/mol. The number of ether oxygens (including phenoxy) is 1. The molecule has 4 nitrogen and oxygen atoms in total. The van der Waals surface area contributed by atoms with Crippen LogP contribution >= 0.6 is 0 Å². The van der Waals surface area contributed by atoms with Crippen LogP contribution in [-0.4, -0.2) is 24.5 Å². The fourth-order valence-electron chi connectivity index (χ4n) is 3.94. The molecule has 2 aliphatic rings. The number of hydrogen-bond acceptors (Lipinski definition) is 4. The summed E-state index contributed by atoms with van der Waals surface area (Å²) in [6.07, 6.45) is 2.16. The van der Waals surface area contributed by atoms with E-state index in [9.17, 15) is 5.26 Å². The first-order valence-corrected chi connectivity index (χ1v) is 9.55. The highest BCUT2D eigenvalue weighted by atomic mass is 16.5. The Kier molecular flexibility index (Phi) is 5.01. The van der Waals surface area contributed by atoms with E-state index in [4.69, 9.17) is 10.5 Å². The van der Waals surface area contributed by atoms with Gasteiger partial charge < -0.3 is 10.5 Å². The topological polar surface area (TPSA) is 62.3 Å². The Hall–Kier alpha value is -3.29. The molecule has 140 valence electrons. The molecule has 2 heterocycles. The molecule has 0 unspecified atom stereocenters. The normalized spacial score (nSPS) is 21.3. The Bertz CT molecular complexity index is 997. The second-order valence-corrected chi connectivity index (χ2v) is 7.07. The van der Waals surface area contributed by atoms with Crippen molar-refractivity contribution in [3.8, 4) is 6.07 Å². The van der Waals surface area contributed by atoms with Gasteiger partial charge in [-0.05, 0) is 29.3 Å². The molecule has 0 spiro atoms. The van der Waals surface area contributed by atoms with Crippen LogP contribution in [0.1, 0.15) is 24.0 Å². The number of nitriles is 1. The SMILES string of the molecule is CCN1CC2=C(OC(N)=C(C#N)[C@H]2c2ccccc2)/C(=C/c2ccccc2)C1. The number of hydrogen-bond donors (Lipinski definition) is 1.